The summed E-state index contributed by atoms with van der Waals surface area (Å²) in [6, 6.07) is 10.0. The number of carbonyl (C=O) groups is 1. The summed E-state index contributed by atoms with van der Waals surface area (Å²) in [4.78, 5) is 26.1. The Morgan fingerprint density at radius 3 is 2.50 bits per heavy atom. The van der Waals surface area contributed by atoms with E-state index in [-0.39, 0.29) is 5.91 Å². The molecule has 0 radical (unpaired) electrons. The van der Waals surface area contributed by atoms with Gasteiger partial charge >= 0.3 is 0 Å². The molecule has 7 nitrogen and oxygen atoms in total. The molecule has 1 amide bonds. The molecule has 7 heteroatoms. The van der Waals surface area contributed by atoms with Gasteiger partial charge in [0, 0.05) is 44.6 Å². The second kappa shape index (κ2) is 9.24. The molecule has 1 aliphatic rings. The van der Waals surface area contributed by atoms with Crippen molar-refractivity contribution in [3.8, 4) is 11.3 Å². The van der Waals surface area contributed by atoms with Crippen molar-refractivity contribution in [3.05, 3.63) is 36.2 Å². The molecule has 0 atom stereocenters. The zero-order valence-corrected chi connectivity index (χ0v) is 17.8. The first-order valence-electron chi connectivity index (χ1n) is 11.0. The fraction of sp³-hybridized carbons (Fsp3) is 0.478. The number of carbonyl (C=O) groups excluding carboxylic acids is 1. The second-order valence-electron chi connectivity index (χ2n) is 7.76. The van der Waals surface area contributed by atoms with E-state index in [1.807, 2.05) is 42.2 Å². The minimum atomic E-state index is 0.239. The van der Waals surface area contributed by atoms with E-state index in [2.05, 4.69) is 22.0 Å². The maximum absolute atomic E-state index is 12.3. The van der Waals surface area contributed by atoms with Crippen molar-refractivity contribution in [2.45, 2.75) is 46.0 Å². The number of nitrogens with zero attached hydrogens (tertiary/aromatic N) is 5. The molecule has 158 valence electrons. The predicted octanol–water partition coefficient (Wildman–Crippen LogP) is 4.08. The summed E-state index contributed by atoms with van der Waals surface area (Å²) >= 11 is 0. The van der Waals surface area contributed by atoms with Crippen LogP contribution in [0.25, 0.3) is 22.4 Å². The highest BCUT2D eigenvalue weighted by Gasteiger charge is 2.26. The van der Waals surface area contributed by atoms with Crippen LogP contribution in [0.5, 0.6) is 0 Å². The molecule has 1 aliphatic heterocycles. The average molecular weight is 408 g/mol. The Bertz CT molecular complexity index is 994. The van der Waals surface area contributed by atoms with Crippen LogP contribution >= 0.6 is 0 Å². The van der Waals surface area contributed by atoms with Gasteiger partial charge in [0.2, 0.25) is 5.91 Å². The van der Waals surface area contributed by atoms with E-state index < -0.39 is 0 Å². The van der Waals surface area contributed by atoms with E-state index >= 15 is 0 Å². The van der Waals surface area contributed by atoms with E-state index in [1.54, 1.807) is 0 Å². The lowest BCUT2D eigenvalue weighted by Crippen LogP contribution is -2.49. The third-order valence-electron chi connectivity index (χ3n) is 5.56. The van der Waals surface area contributed by atoms with Gasteiger partial charge in [-0.2, -0.15) is 4.98 Å². The number of benzene rings is 1. The van der Waals surface area contributed by atoms with Gasteiger partial charge in [0.25, 0.3) is 5.71 Å². The van der Waals surface area contributed by atoms with Crippen molar-refractivity contribution < 1.29 is 9.32 Å². The summed E-state index contributed by atoms with van der Waals surface area (Å²) in [5.41, 5.74) is 2.29. The molecule has 30 heavy (non-hydrogen) atoms. The number of hydrogen-bond donors (Lipinski definition) is 0. The zero-order chi connectivity index (χ0) is 20.9. The van der Waals surface area contributed by atoms with Crippen molar-refractivity contribution in [2.75, 3.05) is 31.1 Å². The van der Waals surface area contributed by atoms with Crippen molar-refractivity contribution in [1.82, 2.24) is 20.0 Å². The molecule has 2 aromatic heterocycles. The van der Waals surface area contributed by atoms with Crippen molar-refractivity contribution in [2.24, 2.45) is 0 Å². The molecular formula is C23H29N5O2. The molecular weight excluding hydrogens is 378 g/mol. The van der Waals surface area contributed by atoms with E-state index in [4.69, 9.17) is 9.51 Å². The van der Waals surface area contributed by atoms with Gasteiger partial charge in [-0.25, -0.2) is 4.98 Å². The van der Waals surface area contributed by atoms with E-state index in [9.17, 15) is 4.79 Å². The number of rotatable bonds is 7. The summed E-state index contributed by atoms with van der Waals surface area (Å²) < 4.78 is 5.65. The highest BCUT2D eigenvalue weighted by atomic mass is 16.5. The van der Waals surface area contributed by atoms with Crippen LogP contribution in [0, 0.1) is 0 Å². The smallest absolute Gasteiger partial charge is 0.263 e. The Hall–Kier alpha value is -2.96. The topological polar surface area (TPSA) is 75.4 Å². The van der Waals surface area contributed by atoms with Gasteiger partial charge in [-0.05, 0) is 12.8 Å². The summed E-state index contributed by atoms with van der Waals surface area (Å²) in [5.74, 6) is 1.90. The minimum absolute atomic E-state index is 0.239. The maximum Gasteiger partial charge on any atom is 0.263 e. The summed E-state index contributed by atoms with van der Waals surface area (Å²) in [6.45, 7) is 7.11. The van der Waals surface area contributed by atoms with Crippen LogP contribution in [0.3, 0.4) is 0 Å². The van der Waals surface area contributed by atoms with Gasteiger partial charge < -0.3 is 14.3 Å². The number of fused-ring (bicyclic) bond motifs is 1. The highest BCUT2D eigenvalue weighted by Crippen LogP contribution is 2.34. The third kappa shape index (κ3) is 4.15. The molecule has 1 aromatic carbocycles. The maximum atomic E-state index is 12.3. The van der Waals surface area contributed by atoms with Gasteiger partial charge in [-0.15, -0.1) is 0 Å². The molecule has 0 aliphatic carbocycles. The minimum Gasteiger partial charge on any atom is -0.352 e. The monoisotopic (exact) mass is 407 g/mol. The quantitative estimate of drug-likeness (QED) is 0.588. The Kier molecular flexibility index (Phi) is 6.26. The van der Waals surface area contributed by atoms with Crippen LogP contribution in [0.2, 0.25) is 0 Å². The first-order chi connectivity index (χ1) is 14.7. The number of aromatic nitrogens is 3. The largest absolute Gasteiger partial charge is 0.352 e. The van der Waals surface area contributed by atoms with Gasteiger partial charge in [-0.3, -0.25) is 4.79 Å². The normalized spacial score (nSPS) is 14.5. The molecule has 0 saturated carbocycles. The molecule has 4 rings (SSSR count). The SMILES string of the molecule is CCCCc1nc(N2CCN(C(=O)CCC)CC2)c2c(-c3ccccc3)noc2n1. The lowest BCUT2D eigenvalue weighted by molar-refractivity contribution is -0.131. The first kappa shape index (κ1) is 20.3. The fourth-order valence-electron chi connectivity index (χ4n) is 3.89. The number of hydrogen-bond acceptors (Lipinski definition) is 6. The zero-order valence-electron chi connectivity index (χ0n) is 17.8. The molecule has 0 N–H and O–H groups in total. The van der Waals surface area contributed by atoms with Crippen LogP contribution < -0.4 is 4.90 Å². The number of unbranched alkanes of at least 4 members (excludes halogenated alkanes) is 1. The first-order valence-corrected chi connectivity index (χ1v) is 11.0. The van der Waals surface area contributed by atoms with Gasteiger partial charge in [0.15, 0.2) is 0 Å². The van der Waals surface area contributed by atoms with Crippen LogP contribution in [0.15, 0.2) is 34.9 Å². The third-order valence-corrected chi connectivity index (χ3v) is 5.56. The molecule has 3 heterocycles. The number of aryl methyl sites for hydroxylation is 1. The molecule has 3 aromatic rings. The number of anilines is 1. The Morgan fingerprint density at radius 2 is 1.80 bits per heavy atom. The van der Waals surface area contributed by atoms with Crippen LogP contribution in [-0.2, 0) is 11.2 Å². The number of piperazine rings is 1. The van der Waals surface area contributed by atoms with Crippen molar-refractivity contribution >= 4 is 22.8 Å². The Balaban J connectivity index is 1.69. The summed E-state index contributed by atoms with van der Waals surface area (Å²) in [5, 5.41) is 5.20. The van der Waals surface area contributed by atoms with Crippen molar-refractivity contribution in [1.29, 1.82) is 0 Å². The van der Waals surface area contributed by atoms with Crippen LogP contribution in [0.1, 0.15) is 45.4 Å². The van der Waals surface area contributed by atoms with Crippen LogP contribution in [-0.4, -0.2) is 52.1 Å². The predicted molar refractivity (Wildman–Crippen MR) is 117 cm³/mol. The molecule has 1 saturated heterocycles. The lowest BCUT2D eigenvalue weighted by Gasteiger charge is -2.35. The highest BCUT2D eigenvalue weighted by molar-refractivity contribution is 5.98. The van der Waals surface area contributed by atoms with E-state index in [0.717, 1.165) is 67.1 Å². The van der Waals surface area contributed by atoms with Gasteiger partial charge in [0.1, 0.15) is 22.7 Å². The molecule has 1 fully saturated rings. The summed E-state index contributed by atoms with van der Waals surface area (Å²) in [6.07, 6.45) is 4.43. The fourth-order valence-corrected chi connectivity index (χ4v) is 3.89. The Morgan fingerprint density at radius 1 is 1.03 bits per heavy atom. The molecule has 0 bridgehead atoms. The lowest BCUT2D eigenvalue weighted by atomic mass is 10.1. The van der Waals surface area contributed by atoms with E-state index in [1.165, 1.54) is 0 Å². The van der Waals surface area contributed by atoms with Gasteiger partial charge in [0.05, 0.1) is 0 Å². The Labute approximate surface area is 177 Å². The summed E-state index contributed by atoms with van der Waals surface area (Å²) in [7, 11) is 0. The standard InChI is InChI=1S/C23H29N5O2/c1-3-5-12-18-24-22(28-15-13-27(14-16-28)19(29)9-4-2)20-21(26-30-23(20)25-18)17-10-7-6-8-11-17/h6-8,10-11H,3-5,9,12-16H2,1-2H3. The van der Waals surface area contributed by atoms with Crippen LogP contribution in [0.4, 0.5) is 5.82 Å². The average Bonchev–Trinajstić information content (AvgIpc) is 3.22. The van der Waals surface area contributed by atoms with Gasteiger partial charge in [-0.1, -0.05) is 55.8 Å². The number of amides is 1. The van der Waals surface area contributed by atoms with Crippen molar-refractivity contribution in [3.63, 3.8) is 0 Å². The van der Waals surface area contributed by atoms with E-state index in [0.29, 0.717) is 25.2 Å². The molecule has 0 spiro atoms. The second-order valence-corrected chi connectivity index (χ2v) is 7.76. The molecule has 0 unspecified atom stereocenters.